The normalized spacial score (nSPS) is 14.1. The van der Waals surface area contributed by atoms with Crippen LogP contribution < -0.4 is 20.1 Å². The summed E-state index contributed by atoms with van der Waals surface area (Å²) in [5, 5.41) is 5.64. The number of carbonyl (C=O) groups is 2. The van der Waals surface area contributed by atoms with E-state index in [9.17, 15) is 22.8 Å². The summed E-state index contributed by atoms with van der Waals surface area (Å²) in [6.45, 7) is 6.77. The summed E-state index contributed by atoms with van der Waals surface area (Å²) >= 11 is 0. The van der Waals surface area contributed by atoms with Crippen LogP contribution in [0.5, 0.6) is 11.6 Å². The van der Waals surface area contributed by atoms with E-state index >= 15 is 0 Å². The highest BCUT2D eigenvalue weighted by molar-refractivity contribution is 6.07. The van der Waals surface area contributed by atoms with Gasteiger partial charge in [-0.3, -0.25) is 4.79 Å². The zero-order valence-corrected chi connectivity index (χ0v) is 25.0. The summed E-state index contributed by atoms with van der Waals surface area (Å²) in [6, 6.07) is 9.70. The fraction of sp³-hybridized carbons (Fsp3) is 0.419. The molecule has 13 heteroatoms. The Hall–Kier alpha value is -4.55. The van der Waals surface area contributed by atoms with Gasteiger partial charge in [0.05, 0.1) is 24.8 Å². The highest BCUT2D eigenvalue weighted by Crippen LogP contribution is 2.35. The van der Waals surface area contributed by atoms with Gasteiger partial charge in [0.25, 0.3) is 5.91 Å². The third kappa shape index (κ3) is 9.22. The molecule has 1 aromatic carbocycles. The van der Waals surface area contributed by atoms with Gasteiger partial charge < -0.3 is 29.7 Å². The average Bonchev–Trinajstić information content (AvgIpc) is 2.98. The molecule has 2 aromatic heterocycles. The van der Waals surface area contributed by atoms with Crippen LogP contribution in [0.1, 0.15) is 55.1 Å². The first kappa shape index (κ1) is 32.4. The van der Waals surface area contributed by atoms with Crippen LogP contribution in [-0.2, 0) is 17.5 Å². The van der Waals surface area contributed by atoms with Crippen LogP contribution in [0.15, 0.2) is 54.9 Å². The first-order chi connectivity index (χ1) is 20.8. The van der Waals surface area contributed by atoms with Crippen molar-refractivity contribution < 1.29 is 37.0 Å². The Kier molecular flexibility index (Phi) is 10.2. The van der Waals surface area contributed by atoms with E-state index in [1.165, 1.54) is 25.4 Å². The van der Waals surface area contributed by atoms with Crippen LogP contribution in [0.4, 0.5) is 29.5 Å². The predicted molar refractivity (Wildman–Crippen MR) is 158 cm³/mol. The fourth-order valence-electron chi connectivity index (χ4n) is 4.53. The van der Waals surface area contributed by atoms with Crippen LogP contribution in [0, 0.1) is 5.92 Å². The molecule has 0 aliphatic carbocycles. The lowest BCUT2D eigenvalue weighted by atomic mass is 9.98. The van der Waals surface area contributed by atoms with Gasteiger partial charge >= 0.3 is 12.3 Å². The Morgan fingerprint density at radius 1 is 1.02 bits per heavy atom. The third-order valence-electron chi connectivity index (χ3n) is 6.76. The van der Waals surface area contributed by atoms with Crippen LogP contribution in [0.25, 0.3) is 0 Å². The number of ether oxygens (including phenoxy) is 3. The van der Waals surface area contributed by atoms with Crippen molar-refractivity contribution in [3.8, 4) is 11.6 Å². The molecule has 0 atom stereocenters. The van der Waals surface area contributed by atoms with Gasteiger partial charge in [0.15, 0.2) is 0 Å². The van der Waals surface area contributed by atoms with E-state index in [1.807, 2.05) is 0 Å². The highest BCUT2D eigenvalue weighted by Gasteiger charge is 2.32. The molecule has 3 aromatic rings. The largest absolute Gasteiger partial charge is 0.493 e. The maximum atomic E-state index is 13.8. The first-order valence-electron chi connectivity index (χ1n) is 14.1. The van der Waals surface area contributed by atoms with Crippen LogP contribution in [0.3, 0.4) is 0 Å². The van der Waals surface area contributed by atoms with E-state index in [0.717, 1.165) is 17.7 Å². The standard InChI is InChI=1S/C31H36F3N5O5/c1-30(2,3)44-29(41)39-12-8-20(9-13-39)19-43-24-16-22(31(32,33)34)15-23(17-24)38-28(40)25-6-5-10-36-27(25)37-18-21-7-11-35-26(14-21)42-4/h5-7,10-11,14-17,20H,8-9,12-13,18-19H2,1-4H3,(H,36,37)(H,38,40). The van der Waals surface area contributed by atoms with E-state index in [2.05, 4.69) is 20.6 Å². The summed E-state index contributed by atoms with van der Waals surface area (Å²) in [6.07, 6.45) is -0.734. The Balaban J connectivity index is 1.41. The number of methoxy groups -OCH3 is 1. The third-order valence-corrected chi connectivity index (χ3v) is 6.76. The predicted octanol–water partition coefficient (Wildman–Crippen LogP) is 6.39. The Bertz CT molecular complexity index is 1450. The van der Waals surface area contributed by atoms with E-state index < -0.39 is 23.2 Å². The number of hydrogen-bond acceptors (Lipinski definition) is 8. The van der Waals surface area contributed by atoms with Crippen molar-refractivity contribution in [3.63, 3.8) is 0 Å². The molecule has 0 bridgehead atoms. The van der Waals surface area contributed by atoms with E-state index in [-0.39, 0.29) is 41.4 Å². The zero-order valence-electron chi connectivity index (χ0n) is 25.0. The van der Waals surface area contributed by atoms with Gasteiger partial charge in [-0.2, -0.15) is 13.2 Å². The summed E-state index contributed by atoms with van der Waals surface area (Å²) in [5.41, 5.74) is -0.666. The quantitative estimate of drug-likeness (QED) is 0.285. The molecule has 0 unspecified atom stereocenters. The van der Waals surface area contributed by atoms with Crippen LogP contribution >= 0.6 is 0 Å². The Morgan fingerprint density at radius 3 is 2.45 bits per heavy atom. The van der Waals surface area contributed by atoms with Crippen molar-refractivity contribution in [1.29, 1.82) is 0 Å². The number of rotatable bonds is 9. The summed E-state index contributed by atoms with van der Waals surface area (Å²) in [5.74, 6) is 0.0401. The number of anilines is 2. The maximum absolute atomic E-state index is 13.8. The number of benzene rings is 1. The minimum atomic E-state index is -4.66. The number of alkyl halides is 3. The zero-order chi connectivity index (χ0) is 31.9. The fourth-order valence-corrected chi connectivity index (χ4v) is 4.53. The molecule has 10 nitrogen and oxygen atoms in total. The molecule has 2 amide bonds. The second kappa shape index (κ2) is 13.8. The number of likely N-dealkylation sites (tertiary alicyclic amines) is 1. The van der Waals surface area contributed by atoms with Gasteiger partial charge in [0.2, 0.25) is 5.88 Å². The molecule has 236 valence electrons. The minimum Gasteiger partial charge on any atom is -0.493 e. The number of piperidine rings is 1. The summed E-state index contributed by atoms with van der Waals surface area (Å²) in [4.78, 5) is 35.4. The van der Waals surface area contributed by atoms with Gasteiger partial charge in [0.1, 0.15) is 17.2 Å². The molecule has 3 heterocycles. The van der Waals surface area contributed by atoms with Crippen molar-refractivity contribution in [2.45, 2.75) is 51.9 Å². The van der Waals surface area contributed by atoms with Gasteiger partial charge in [-0.05, 0) is 75.4 Å². The lowest BCUT2D eigenvalue weighted by Gasteiger charge is -2.33. The minimum absolute atomic E-state index is 0.0270. The molecule has 1 saturated heterocycles. The number of hydrogen-bond donors (Lipinski definition) is 2. The van der Waals surface area contributed by atoms with E-state index in [1.54, 1.807) is 50.1 Å². The summed E-state index contributed by atoms with van der Waals surface area (Å²) < 4.78 is 57.6. The lowest BCUT2D eigenvalue weighted by Crippen LogP contribution is -2.42. The smallest absolute Gasteiger partial charge is 0.416 e. The van der Waals surface area contributed by atoms with Crippen molar-refractivity contribution in [3.05, 3.63) is 71.5 Å². The molecule has 4 rings (SSSR count). The second-order valence-corrected chi connectivity index (χ2v) is 11.4. The number of nitrogens with zero attached hydrogens (tertiary/aromatic N) is 3. The monoisotopic (exact) mass is 615 g/mol. The molecule has 44 heavy (non-hydrogen) atoms. The van der Waals surface area contributed by atoms with Gasteiger partial charge in [-0.1, -0.05) is 0 Å². The molecule has 1 aliphatic heterocycles. The number of amides is 2. The molecule has 1 fully saturated rings. The number of pyridine rings is 2. The maximum Gasteiger partial charge on any atom is 0.416 e. The topological polar surface area (TPSA) is 115 Å². The molecular formula is C31H36F3N5O5. The average molecular weight is 616 g/mol. The Labute approximate surface area is 253 Å². The lowest BCUT2D eigenvalue weighted by molar-refractivity contribution is -0.137. The van der Waals surface area contributed by atoms with E-state index in [0.29, 0.717) is 38.4 Å². The van der Waals surface area contributed by atoms with Crippen molar-refractivity contribution >= 4 is 23.5 Å². The number of carbonyl (C=O) groups excluding carboxylic acids is 2. The van der Waals surface area contributed by atoms with Crippen LogP contribution in [0.2, 0.25) is 0 Å². The van der Waals surface area contributed by atoms with Crippen molar-refractivity contribution in [2.24, 2.45) is 5.92 Å². The number of aromatic nitrogens is 2. The molecule has 0 spiro atoms. The van der Waals surface area contributed by atoms with Gasteiger partial charge in [-0.25, -0.2) is 14.8 Å². The Morgan fingerprint density at radius 2 is 1.77 bits per heavy atom. The van der Waals surface area contributed by atoms with Gasteiger partial charge in [-0.15, -0.1) is 0 Å². The second-order valence-electron chi connectivity index (χ2n) is 11.4. The molecule has 0 saturated carbocycles. The first-order valence-corrected chi connectivity index (χ1v) is 14.1. The molecule has 1 aliphatic rings. The molecule has 2 N–H and O–H groups in total. The number of nitrogens with one attached hydrogen (secondary N) is 2. The molecule has 0 radical (unpaired) electrons. The summed E-state index contributed by atoms with van der Waals surface area (Å²) in [7, 11) is 1.50. The molecular weight excluding hydrogens is 579 g/mol. The van der Waals surface area contributed by atoms with Crippen molar-refractivity contribution in [2.75, 3.05) is 37.4 Å². The highest BCUT2D eigenvalue weighted by atomic mass is 19.4. The van der Waals surface area contributed by atoms with E-state index in [4.69, 9.17) is 14.2 Å². The SMILES string of the molecule is COc1cc(CNc2ncccc2C(=O)Nc2cc(OCC3CCN(C(=O)OC(C)(C)C)CC3)cc(C(F)(F)F)c2)ccn1. The van der Waals surface area contributed by atoms with Gasteiger partial charge in [0, 0.05) is 49.8 Å². The van der Waals surface area contributed by atoms with Crippen LogP contribution in [-0.4, -0.2) is 59.3 Å². The van der Waals surface area contributed by atoms with Crippen molar-refractivity contribution in [1.82, 2.24) is 14.9 Å². The number of halogens is 3.